The minimum atomic E-state index is -0.100. The van der Waals surface area contributed by atoms with E-state index in [1.54, 1.807) is 30.1 Å². The van der Waals surface area contributed by atoms with E-state index in [9.17, 15) is 9.59 Å². The Hall–Kier alpha value is -1.46. The molecule has 1 atom stereocenters. The average Bonchev–Trinajstić information content (AvgIpc) is 2.59. The van der Waals surface area contributed by atoms with E-state index < -0.39 is 0 Å². The molecule has 7 heteroatoms. The van der Waals surface area contributed by atoms with Crippen LogP contribution in [0.1, 0.15) is 25.7 Å². The maximum absolute atomic E-state index is 12.3. The van der Waals surface area contributed by atoms with Crippen LogP contribution in [0.25, 0.3) is 0 Å². The van der Waals surface area contributed by atoms with E-state index in [4.69, 9.17) is 27.9 Å². The summed E-state index contributed by atoms with van der Waals surface area (Å²) in [7, 11) is 1.63. The molecule has 0 saturated carbocycles. The van der Waals surface area contributed by atoms with Gasteiger partial charge in [0.05, 0.1) is 17.5 Å². The molecule has 2 rings (SSSR count). The van der Waals surface area contributed by atoms with Gasteiger partial charge in [0.2, 0.25) is 11.8 Å². The molecule has 1 aromatic carbocycles. The molecular formula is C17H22Cl2N2O3. The lowest BCUT2D eigenvalue weighted by Crippen LogP contribution is -2.44. The van der Waals surface area contributed by atoms with E-state index in [0.29, 0.717) is 41.8 Å². The number of halogens is 2. The van der Waals surface area contributed by atoms with Crippen molar-refractivity contribution in [3.05, 3.63) is 28.2 Å². The molecule has 0 spiro atoms. The van der Waals surface area contributed by atoms with Crippen LogP contribution in [0.5, 0.6) is 5.75 Å². The Morgan fingerprint density at radius 1 is 1.38 bits per heavy atom. The first-order valence-electron chi connectivity index (χ1n) is 8.08. The van der Waals surface area contributed by atoms with Crippen LogP contribution in [0.4, 0.5) is 0 Å². The number of ether oxygens (including phenoxy) is 1. The number of hydrogen-bond acceptors (Lipinski definition) is 3. The highest BCUT2D eigenvalue weighted by Gasteiger charge is 2.27. The number of rotatable bonds is 6. The Morgan fingerprint density at radius 3 is 2.88 bits per heavy atom. The van der Waals surface area contributed by atoms with Crippen LogP contribution < -0.4 is 10.1 Å². The number of nitrogens with zero attached hydrogens (tertiary/aromatic N) is 1. The highest BCUT2D eigenvalue weighted by molar-refractivity contribution is 6.35. The van der Waals surface area contributed by atoms with Crippen LogP contribution in [0, 0.1) is 5.92 Å². The monoisotopic (exact) mass is 372 g/mol. The second-order valence-electron chi connectivity index (χ2n) is 5.82. The molecule has 1 heterocycles. The maximum Gasteiger partial charge on any atom is 0.224 e. The third-order valence-electron chi connectivity index (χ3n) is 4.08. The van der Waals surface area contributed by atoms with Crippen LogP contribution in [0.2, 0.25) is 10.0 Å². The van der Waals surface area contributed by atoms with Crippen molar-refractivity contribution in [2.75, 3.05) is 26.7 Å². The van der Waals surface area contributed by atoms with E-state index in [1.165, 1.54) is 0 Å². The number of carbonyl (C=O) groups is 2. The van der Waals surface area contributed by atoms with E-state index in [2.05, 4.69) is 5.32 Å². The standard InChI is InChI=1S/C17H22Cl2N2O3/c1-20-17(23)12-4-2-8-21(11-12)16(22)5-3-9-24-15-7-6-13(18)10-14(15)19/h6-7,10,12H,2-5,8-9,11H2,1H3,(H,20,23). The molecule has 2 amide bonds. The Morgan fingerprint density at radius 2 is 2.17 bits per heavy atom. The highest BCUT2D eigenvalue weighted by atomic mass is 35.5. The van der Waals surface area contributed by atoms with Gasteiger partial charge in [-0.1, -0.05) is 23.2 Å². The van der Waals surface area contributed by atoms with Gasteiger partial charge >= 0.3 is 0 Å². The molecule has 1 N–H and O–H groups in total. The number of amides is 2. The zero-order valence-corrected chi connectivity index (χ0v) is 15.2. The summed E-state index contributed by atoms with van der Waals surface area (Å²) in [6, 6.07) is 5.04. The van der Waals surface area contributed by atoms with Crippen LogP contribution >= 0.6 is 23.2 Å². The summed E-state index contributed by atoms with van der Waals surface area (Å²) in [6.45, 7) is 1.62. The van der Waals surface area contributed by atoms with Crippen molar-refractivity contribution >= 4 is 35.0 Å². The van der Waals surface area contributed by atoms with Gasteiger partial charge < -0.3 is 15.0 Å². The largest absolute Gasteiger partial charge is 0.492 e. The van der Waals surface area contributed by atoms with Gasteiger partial charge in [0.15, 0.2) is 0 Å². The topological polar surface area (TPSA) is 58.6 Å². The minimum Gasteiger partial charge on any atom is -0.492 e. The van der Waals surface area contributed by atoms with Crippen molar-refractivity contribution in [3.63, 3.8) is 0 Å². The molecular weight excluding hydrogens is 351 g/mol. The summed E-state index contributed by atoms with van der Waals surface area (Å²) in [4.78, 5) is 25.8. The van der Waals surface area contributed by atoms with Gasteiger partial charge in [-0.3, -0.25) is 9.59 Å². The summed E-state index contributed by atoms with van der Waals surface area (Å²) < 4.78 is 5.58. The lowest BCUT2D eigenvalue weighted by molar-refractivity contribution is -0.135. The molecule has 5 nitrogen and oxygen atoms in total. The van der Waals surface area contributed by atoms with Crippen LogP contribution in [-0.4, -0.2) is 43.5 Å². The average molecular weight is 373 g/mol. The van der Waals surface area contributed by atoms with Gasteiger partial charge in [-0.2, -0.15) is 0 Å². The van der Waals surface area contributed by atoms with Crippen molar-refractivity contribution < 1.29 is 14.3 Å². The Balaban J connectivity index is 1.73. The van der Waals surface area contributed by atoms with Crippen LogP contribution in [0.3, 0.4) is 0 Å². The normalized spacial score (nSPS) is 17.5. The quantitative estimate of drug-likeness (QED) is 0.780. The minimum absolute atomic E-state index is 0.00761. The molecule has 1 unspecified atom stereocenters. The van der Waals surface area contributed by atoms with Gasteiger partial charge in [-0.05, 0) is 37.5 Å². The summed E-state index contributed by atoms with van der Waals surface area (Å²) >= 11 is 11.9. The molecule has 1 aliphatic rings. The SMILES string of the molecule is CNC(=O)C1CCCN(C(=O)CCCOc2ccc(Cl)cc2Cl)C1. The molecule has 1 aromatic rings. The lowest BCUT2D eigenvalue weighted by atomic mass is 9.97. The zero-order valence-electron chi connectivity index (χ0n) is 13.7. The fourth-order valence-electron chi connectivity index (χ4n) is 2.78. The third kappa shape index (κ3) is 5.28. The number of nitrogens with one attached hydrogen (secondary N) is 1. The number of piperidine rings is 1. The smallest absolute Gasteiger partial charge is 0.224 e. The molecule has 24 heavy (non-hydrogen) atoms. The van der Waals surface area contributed by atoms with Crippen molar-refractivity contribution in [2.45, 2.75) is 25.7 Å². The first-order valence-corrected chi connectivity index (χ1v) is 8.84. The van der Waals surface area contributed by atoms with Crippen LogP contribution in [0.15, 0.2) is 18.2 Å². The summed E-state index contributed by atoms with van der Waals surface area (Å²) in [5, 5.41) is 3.67. The van der Waals surface area contributed by atoms with E-state index in [0.717, 1.165) is 19.4 Å². The fourth-order valence-corrected chi connectivity index (χ4v) is 3.24. The lowest BCUT2D eigenvalue weighted by Gasteiger charge is -2.31. The molecule has 0 aromatic heterocycles. The van der Waals surface area contributed by atoms with Gasteiger partial charge in [-0.15, -0.1) is 0 Å². The Kier molecular flexibility index (Phi) is 7.18. The number of hydrogen-bond donors (Lipinski definition) is 1. The van der Waals surface area contributed by atoms with Gasteiger partial charge in [-0.25, -0.2) is 0 Å². The Labute approximate surface area is 152 Å². The van der Waals surface area contributed by atoms with Gasteiger partial charge in [0.25, 0.3) is 0 Å². The second-order valence-corrected chi connectivity index (χ2v) is 6.66. The number of benzene rings is 1. The van der Waals surface area contributed by atoms with Crippen molar-refractivity contribution in [1.82, 2.24) is 10.2 Å². The van der Waals surface area contributed by atoms with Gasteiger partial charge in [0.1, 0.15) is 5.75 Å². The van der Waals surface area contributed by atoms with E-state index in [1.807, 2.05) is 0 Å². The molecule has 0 radical (unpaired) electrons. The van der Waals surface area contributed by atoms with Crippen molar-refractivity contribution in [3.8, 4) is 5.75 Å². The third-order valence-corrected chi connectivity index (χ3v) is 4.61. The number of likely N-dealkylation sites (tertiary alicyclic amines) is 1. The molecule has 0 bridgehead atoms. The van der Waals surface area contributed by atoms with Crippen LogP contribution in [-0.2, 0) is 9.59 Å². The maximum atomic E-state index is 12.3. The zero-order chi connectivity index (χ0) is 17.5. The molecule has 0 aliphatic carbocycles. The predicted octanol–water partition coefficient (Wildman–Crippen LogP) is 3.14. The molecule has 1 saturated heterocycles. The highest BCUT2D eigenvalue weighted by Crippen LogP contribution is 2.27. The summed E-state index contributed by atoms with van der Waals surface area (Å²) in [5.41, 5.74) is 0. The van der Waals surface area contributed by atoms with Gasteiger partial charge in [0, 0.05) is 31.6 Å². The molecule has 1 fully saturated rings. The van der Waals surface area contributed by atoms with E-state index >= 15 is 0 Å². The number of carbonyl (C=O) groups excluding carboxylic acids is 2. The van der Waals surface area contributed by atoms with Crippen molar-refractivity contribution in [2.24, 2.45) is 5.92 Å². The predicted molar refractivity (Wildman–Crippen MR) is 94.6 cm³/mol. The first kappa shape index (κ1) is 18.9. The summed E-state index contributed by atoms with van der Waals surface area (Å²) in [6.07, 6.45) is 2.69. The second kappa shape index (κ2) is 9.14. The Bertz CT molecular complexity index is 595. The molecule has 132 valence electrons. The van der Waals surface area contributed by atoms with Crippen molar-refractivity contribution in [1.29, 1.82) is 0 Å². The summed E-state index contributed by atoms with van der Waals surface area (Å²) in [5.74, 6) is 0.533. The first-order chi connectivity index (χ1) is 11.5. The molecule has 1 aliphatic heterocycles. The fraction of sp³-hybridized carbons (Fsp3) is 0.529. The van der Waals surface area contributed by atoms with E-state index in [-0.39, 0.29) is 17.7 Å².